The Bertz CT molecular complexity index is 172. The predicted molar refractivity (Wildman–Crippen MR) is 48.5 cm³/mol. The first-order valence-electron chi connectivity index (χ1n) is 4.67. The number of nitrogens with zero attached hydrogens (tertiary/aromatic N) is 1. The fraction of sp³-hybridized carbons (Fsp3) is 0.889. The second kappa shape index (κ2) is 5.19. The molecular weight excluding hydrogens is 170 g/mol. The summed E-state index contributed by atoms with van der Waals surface area (Å²) in [4.78, 5) is 13.2. The van der Waals surface area contributed by atoms with Crippen LogP contribution in [0.1, 0.15) is 13.3 Å². The van der Waals surface area contributed by atoms with E-state index >= 15 is 0 Å². The molecule has 0 spiro atoms. The average molecular weight is 187 g/mol. The van der Waals surface area contributed by atoms with Crippen LogP contribution in [0.2, 0.25) is 0 Å². The topological polar surface area (TPSA) is 38.8 Å². The van der Waals surface area contributed by atoms with Crippen molar-refractivity contribution in [1.29, 1.82) is 0 Å². The maximum atomic E-state index is 11.0. The molecule has 1 rings (SSSR count). The Morgan fingerprint density at radius 1 is 1.69 bits per heavy atom. The average Bonchev–Trinajstić information content (AvgIpc) is 2.18. The number of carbonyl (C=O) groups excluding carboxylic acids is 1. The molecule has 0 aromatic rings. The summed E-state index contributed by atoms with van der Waals surface area (Å²) in [6.45, 7) is 5.65. The summed E-state index contributed by atoms with van der Waals surface area (Å²) in [6, 6.07) is 0. The number of rotatable bonds is 3. The van der Waals surface area contributed by atoms with Gasteiger partial charge in [-0.15, -0.1) is 0 Å². The van der Waals surface area contributed by atoms with Crippen molar-refractivity contribution in [2.24, 2.45) is 0 Å². The van der Waals surface area contributed by atoms with Gasteiger partial charge < -0.3 is 9.47 Å². The van der Waals surface area contributed by atoms with Crippen molar-refractivity contribution < 1.29 is 14.3 Å². The maximum Gasteiger partial charge on any atom is 0.308 e. The van der Waals surface area contributed by atoms with E-state index in [0.29, 0.717) is 6.42 Å². The Hall–Kier alpha value is -0.610. The minimum absolute atomic E-state index is 0.0150. The van der Waals surface area contributed by atoms with Gasteiger partial charge in [0.1, 0.15) is 0 Å². The zero-order chi connectivity index (χ0) is 9.68. The largest absolute Gasteiger partial charge is 0.469 e. The second-order valence-electron chi connectivity index (χ2n) is 3.17. The lowest BCUT2D eigenvalue weighted by atomic mass is 10.2. The molecule has 1 unspecified atom stereocenters. The summed E-state index contributed by atoms with van der Waals surface area (Å²) in [5, 5.41) is 0. The summed E-state index contributed by atoms with van der Waals surface area (Å²) >= 11 is 0. The number of hydrogen-bond donors (Lipinski definition) is 0. The lowest BCUT2D eigenvalue weighted by Gasteiger charge is -2.31. The van der Waals surface area contributed by atoms with Gasteiger partial charge in [-0.2, -0.15) is 0 Å². The van der Waals surface area contributed by atoms with E-state index in [1.165, 1.54) is 7.11 Å². The highest BCUT2D eigenvalue weighted by Gasteiger charge is 2.21. The van der Waals surface area contributed by atoms with Crippen LogP contribution < -0.4 is 0 Å². The van der Waals surface area contributed by atoms with Gasteiger partial charge in [-0.25, -0.2) is 0 Å². The molecule has 0 N–H and O–H groups in total. The van der Waals surface area contributed by atoms with Gasteiger partial charge in [0, 0.05) is 13.1 Å². The molecule has 1 heterocycles. The third-order valence-corrected chi connectivity index (χ3v) is 2.29. The van der Waals surface area contributed by atoms with Crippen LogP contribution in [0.15, 0.2) is 0 Å². The SMILES string of the molecule is CCN1CCOC(CC(=O)OC)C1. The van der Waals surface area contributed by atoms with Gasteiger partial charge in [-0.3, -0.25) is 9.69 Å². The van der Waals surface area contributed by atoms with Gasteiger partial charge in [0.15, 0.2) is 0 Å². The predicted octanol–water partition coefficient (Wildman–Crippen LogP) is 0.270. The molecule has 1 aliphatic rings. The van der Waals surface area contributed by atoms with Gasteiger partial charge in [-0.1, -0.05) is 6.92 Å². The van der Waals surface area contributed by atoms with Crippen LogP contribution in [-0.2, 0) is 14.3 Å². The van der Waals surface area contributed by atoms with Crippen molar-refractivity contribution in [1.82, 2.24) is 4.90 Å². The van der Waals surface area contributed by atoms with Crippen LogP contribution in [0, 0.1) is 0 Å². The van der Waals surface area contributed by atoms with Gasteiger partial charge >= 0.3 is 5.97 Å². The lowest BCUT2D eigenvalue weighted by Crippen LogP contribution is -2.43. The van der Waals surface area contributed by atoms with E-state index < -0.39 is 0 Å². The van der Waals surface area contributed by atoms with Crippen molar-refractivity contribution in [3.63, 3.8) is 0 Å². The molecule has 1 atom stereocenters. The number of carbonyl (C=O) groups is 1. The smallest absolute Gasteiger partial charge is 0.308 e. The zero-order valence-corrected chi connectivity index (χ0v) is 8.28. The third kappa shape index (κ3) is 3.32. The molecule has 1 aliphatic heterocycles. The normalized spacial score (nSPS) is 24.3. The zero-order valence-electron chi connectivity index (χ0n) is 8.28. The highest BCUT2D eigenvalue weighted by Crippen LogP contribution is 2.08. The van der Waals surface area contributed by atoms with E-state index in [4.69, 9.17) is 4.74 Å². The highest BCUT2D eigenvalue weighted by atomic mass is 16.5. The van der Waals surface area contributed by atoms with Crippen molar-refractivity contribution in [3.05, 3.63) is 0 Å². The first-order chi connectivity index (χ1) is 6.26. The Labute approximate surface area is 78.8 Å². The van der Waals surface area contributed by atoms with Crippen LogP contribution in [-0.4, -0.2) is 50.3 Å². The standard InChI is InChI=1S/C9H17NO3/c1-3-10-4-5-13-8(7-10)6-9(11)12-2/h8H,3-7H2,1-2H3. The summed E-state index contributed by atoms with van der Waals surface area (Å²) < 4.78 is 10.0. The Balaban J connectivity index is 2.29. The van der Waals surface area contributed by atoms with Gasteiger partial charge in [0.25, 0.3) is 0 Å². The molecule has 0 aromatic heterocycles. The molecule has 4 heteroatoms. The number of esters is 1. The minimum atomic E-state index is -0.192. The molecule has 76 valence electrons. The maximum absolute atomic E-state index is 11.0. The third-order valence-electron chi connectivity index (χ3n) is 2.29. The molecule has 0 saturated carbocycles. The summed E-state index contributed by atoms with van der Waals surface area (Å²) in [5.41, 5.74) is 0. The molecule has 0 aromatic carbocycles. The van der Waals surface area contributed by atoms with E-state index in [9.17, 15) is 4.79 Å². The van der Waals surface area contributed by atoms with Crippen molar-refractivity contribution in [3.8, 4) is 0 Å². The first kappa shape index (κ1) is 10.5. The van der Waals surface area contributed by atoms with E-state index in [1.54, 1.807) is 0 Å². The molecule has 1 fully saturated rings. The van der Waals surface area contributed by atoms with Crippen LogP contribution >= 0.6 is 0 Å². The summed E-state index contributed by atoms with van der Waals surface area (Å²) in [7, 11) is 1.41. The fourth-order valence-electron chi connectivity index (χ4n) is 1.46. The molecule has 4 nitrogen and oxygen atoms in total. The van der Waals surface area contributed by atoms with Gasteiger partial charge in [0.2, 0.25) is 0 Å². The lowest BCUT2D eigenvalue weighted by molar-refractivity contribution is -0.145. The minimum Gasteiger partial charge on any atom is -0.469 e. The van der Waals surface area contributed by atoms with Crippen LogP contribution in [0.3, 0.4) is 0 Å². The van der Waals surface area contributed by atoms with Gasteiger partial charge in [0.05, 0.1) is 26.2 Å². The Morgan fingerprint density at radius 2 is 2.46 bits per heavy atom. The molecule has 0 amide bonds. The van der Waals surface area contributed by atoms with E-state index in [2.05, 4.69) is 16.6 Å². The van der Waals surface area contributed by atoms with Crippen LogP contribution in [0.5, 0.6) is 0 Å². The van der Waals surface area contributed by atoms with Crippen LogP contribution in [0.4, 0.5) is 0 Å². The Kier molecular flexibility index (Phi) is 4.18. The number of methoxy groups -OCH3 is 1. The second-order valence-corrected chi connectivity index (χ2v) is 3.17. The molecule has 0 bridgehead atoms. The highest BCUT2D eigenvalue weighted by molar-refractivity contribution is 5.69. The molecular formula is C9H17NO3. The number of ether oxygens (including phenoxy) is 2. The number of hydrogen-bond acceptors (Lipinski definition) is 4. The molecule has 1 saturated heterocycles. The first-order valence-corrected chi connectivity index (χ1v) is 4.67. The van der Waals surface area contributed by atoms with Crippen molar-refractivity contribution in [2.45, 2.75) is 19.4 Å². The number of morpholine rings is 1. The quantitative estimate of drug-likeness (QED) is 0.594. The summed E-state index contributed by atoms with van der Waals surface area (Å²) in [5.74, 6) is -0.192. The van der Waals surface area contributed by atoms with E-state index in [0.717, 1.165) is 26.2 Å². The fourth-order valence-corrected chi connectivity index (χ4v) is 1.46. The van der Waals surface area contributed by atoms with Crippen molar-refractivity contribution in [2.75, 3.05) is 33.4 Å². The molecule has 13 heavy (non-hydrogen) atoms. The number of likely N-dealkylation sites (N-methyl/N-ethyl adjacent to an activating group) is 1. The molecule has 0 radical (unpaired) electrons. The van der Waals surface area contributed by atoms with E-state index in [1.807, 2.05) is 0 Å². The van der Waals surface area contributed by atoms with Gasteiger partial charge in [-0.05, 0) is 6.54 Å². The molecule has 0 aliphatic carbocycles. The Morgan fingerprint density at radius 3 is 3.08 bits per heavy atom. The van der Waals surface area contributed by atoms with Crippen molar-refractivity contribution >= 4 is 5.97 Å². The summed E-state index contributed by atoms with van der Waals surface area (Å²) in [6.07, 6.45) is 0.383. The monoisotopic (exact) mass is 187 g/mol. The van der Waals surface area contributed by atoms with Crippen LogP contribution in [0.25, 0.3) is 0 Å². The van der Waals surface area contributed by atoms with E-state index in [-0.39, 0.29) is 12.1 Å².